The molecule has 1 N–H and O–H groups in total. The summed E-state index contributed by atoms with van der Waals surface area (Å²) < 4.78 is 0. The van der Waals surface area contributed by atoms with Crippen LogP contribution < -0.4 is 5.32 Å². The van der Waals surface area contributed by atoms with E-state index >= 15 is 0 Å². The number of hydrogen-bond acceptors (Lipinski definition) is 2. The van der Waals surface area contributed by atoms with E-state index < -0.39 is 0 Å². The summed E-state index contributed by atoms with van der Waals surface area (Å²) in [6.45, 7) is 4.07. The first-order chi connectivity index (χ1) is 6.74. The maximum atomic E-state index is 11.2. The number of nitrogens with zero attached hydrogens (tertiary/aromatic N) is 1. The predicted molar refractivity (Wildman–Crippen MR) is 53.7 cm³/mol. The third kappa shape index (κ3) is 3.36. The largest absolute Gasteiger partial charge is 0.354 e. The van der Waals surface area contributed by atoms with Crippen LogP contribution in [0.2, 0.25) is 0 Å². The van der Waals surface area contributed by atoms with E-state index in [9.17, 15) is 9.59 Å². The van der Waals surface area contributed by atoms with Crippen molar-refractivity contribution in [1.29, 1.82) is 0 Å². The predicted octanol–water partition coefficient (Wildman–Crippen LogP) is 0.525. The number of likely N-dealkylation sites (tertiary alicyclic amines) is 1. The van der Waals surface area contributed by atoms with Crippen molar-refractivity contribution in [2.45, 2.75) is 32.6 Å². The summed E-state index contributed by atoms with van der Waals surface area (Å²) in [5.74, 6) is 0.300. The van der Waals surface area contributed by atoms with Gasteiger partial charge in [0.05, 0.1) is 0 Å². The second kappa shape index (κ2) is 5.62. The van der Waals surface area contributed by atoms with E-state index in [4.69, 9.17) is 0 Å². The lowest BCUT2D eigenvalue weighted by Gasteiger charge is -2.15. The average molecular weight is 198 g/mol. The van der Waals surface area contributed by atoms with Crippen LogP contribution in [-0.4, -0.2) is 36.3 Å². The molecule has 0 unspecified atom stereocenters. The van der Waals surface area contributed by atoms with E-state index in [1.54, 1.807) is 0 Å². The van der Waals surface area contributed by atoms with Crippen molar-refractivity contribution in [3.63, 3.8) is 0 Å². The Bertz CT molecular complexity index is 216. The average Bonchev–Trinajstić information content (AvgIpc) is 2.52. The highest BCUT2D eigenvalue weighted by atomic mass is 16.2. The van der Waals surface area contributed by atoms with Gasteiger partial charge in [-0.15, -0.1) is 0 Å². The van der Waals surface area contributed by atoms with Gasteiger partial charge in [0.25, 0.3) is 0 Å². The standard InChI is InChI=1S/C10H18N2O2/c1-2-4-9(13)11-6-8-12-7-3-5-10(12)14/h2-8H2,1H3,(H,11,13). The van der Waals surface area contributed by atoms with Gasteiger partial charge in [-0.1, -0.05) is 6.92 Å². The van der Waals surface area contributed by atoms with Crippen LogP contribution in [0.25, 0.3) is 0 Å². The number of nitrogens with one attached hydrogen (secondary N) is 1. The zero-order valence-electron chi connectivity index (χ0n) is 8.71. The first-order valence-electron chi connectivity index (χ1n) is 5.28. The van der Waals surface area contributed by atoms with E-state index in [-0.39, 0.29) is 11.8 Å². The molecule has 0 radical (unpaired) electrons. The van der Waals surface area contributed by atoms with Crippen LogP contribution in [0, 0.1) is 0 Å². The Hall–Kier alpha value is -1.06. The Morgan fingerprint density at radius 3 is 2.93 bits per heavy atom. The highest BCUT2D eigenvalue weighted by molar-refractivity contribution is 5.78. The fourth-order valence-corrected chi connectivity index (χ4v) is 1.59. The van der Waals surface area contributed by atoms with E-state index in [0.29, 0.717) is 25.9 Å². The van der Waals surface area contributed by atoms with Gasteiger partial charge in [0.1, 0.15) is 0 Å². The lowest BCUT2D eigenvalue weighted by molar-refractivity contribution is -0.128. The van der Waals surface area contributed by atoms with Crippen LogP contribution in [-0.2, 0) is 9.59 Å². The number of amides is 2. The fourth-order valence-electron chi connectivity index (χ4n) is 1.59. The highest BCUT2D eigenvalue weighted by Crippen LogP contribution is 2.07. The van der Waals surface area contributed by atoms with E-state index in [2.05, 4.69) is 5.32 Å². The summed E-state index contributed by atoms with van der Waals surface area (Å²) >= 11 is 0. The summed E-state index contributed by atoms with van der Waals surface area (Å²) in [7, 11) is 0. The van der Waals surface area contributed by atoms with Crippen LogP contribution in [0.1, 0.15) is 32.6 Å². The van der Waals surface area contributed by atoms with Gasteiger partial charge in [-0.2, -0.15) is 0 Å². The minimum Gasteiger partial charge on any atom is -0.354 e. The Labute approximate surface area is 84.7 Å². The van der Waals surface area contributed by atoms with E-state index in [1.165, 1.54) is 0 Å². The molecule has 1 rings (SSSR count). The van der Waals surface area contributed by atoms with Crippen LogP contribution >= 0.6 is 0 Å². The fraction of sp³-hybridized carbons (Fsp3) is 0.800. The molecule has 1 aliphatic rings. The molecule has 0 aromatic heterocycles. The van der Waals surface area contributed by atoms with Gasteiger partial charge in [-0.3, -0.25) is 9.59 Å². The summed E-state index contributed by atoms with van der Waals surface area (Å²) in [4.78, 5) is 24.1. The molecule has 1 fully saturated rings. The Balaban J connectivity index is 2.08. The molecule has 0 saturated carbocycles. The molecule has 2 amide bonds. The second-order valence-electron chi connectivity index (χ2n) is 3.58. The Morgan fingerprint density at radius 1 is 1.57 bits per heavy atom. The van der Waals surface area contributed by atoms with Crippen LogP contribution in [0.15, 0.2) is 0 Å². The normalized spacial score (nSPS) is 16.1. The van der Waals surface area contributed by atoms with Crippen LogP contribution in [0.5, 0.6) is 0 Å². The van der Waals surface area contributed by atoms with Gasteiger partial charge in [-0.05, 0) is 12.8 Å². The summed E-state index contributed by atoms with van der Waals surface area (Å²) in [6.07, 6.45) is 3.08. The molecule has 14 heavy (non-hydrogen) atoms. The third-order valence-electron chi connectivity index (χ3n) is 2.35. The first kappa shape index (κ1) is 11.0. The zero-order valence-corrected chi connectivity index (χ0v) is 8.71. The van der Waals surface area contributed by atoms with E-state index in [0.717, 1.165) is 19.4 Å². The lowest BCUT2D eigenvalue weighted by atomic mass is 10.3. The highest BCUT2D eigenvalue weighted by Gasteiger charge is 2.19. The molecule has 1 saturated heterocycles. The number of hydrogen-bond donors (Lipinski definition) is 1. The summed E-state index contributed by atoms with van der Waals surface area (Å²) in [5.41, 5.74) is 0. The molecule has 80 valence electrons. The van der Waals surface area contributed by atoms with Crippen molar-refractivity contribution in [2.24, 2.45) is 0 Å². The van der Waals surface area contributed by atoms with Gasteiger partial charge in [0.15, 0.2) is 0 Å². The molecule has 1 aliphatic heterocycles. The smallest absolute Gasteiger partial charge is 0.222 e. The van der Waals surface area contributed by atoms with Gasteiger partial charge >= 0.3 is 0 Å². The minimum absolute atomic E-state index is 0.0825. The van der Waals surface area contributed by atoms with Crippen LogP contribution in [0.4, 0.5) is 0 Å². The second-order valence-corrected chi connectivity index (χ2v) is 3.58. The molecule has 0 aliphatic carbocycles. The molecule has 4 nitrogen and oxygen atoms in total. The zero-order chi connectivity index (χ0) is 10.4. The molecule has 0 bridgehead atoms. The van der Waals surface area contributed by atoms with Crippen molar-refractivity contribution in [3.05, 3.63) is 0 Å². The van der Waals surface area contributed by atoms with Gasteiger partial charge in [0.2, 0.25) is 11.8 Å². The van der Waals surface area contributed by atoms with Gasteiger partial charge in [0, 0.05) is 32.5 Å². The van der Waals surface area contributed by atoms with Crippen molar-refractivity contribution in [1.82, 2.24) is 10.2 Å². The number of carbonyl (C=O) groups is 2. The molecule has 0 aromatic rings. The van der Waals surface area contributed by atoms with E-state index in [1.807, 2.05) is 11.8 Å². The third-order valence-corrected chi connectivity index (χ3v) is 2.35. The molecular formula is C10H18N2O2. The first-order valence-corrected chi connectivity index (χ1v) is 5.28. The Kier molecular flexibility index (Phi) is 4.43. The quantitative estimate of drug-likeness (QED) is 0.700. The van der Waals surface area contributed by atoms with Crippen molar-refractivity contribution in [3.8, 4) is 0 Å². The minimum atomic E-state index is 0.0825. The molecule has 0 aromatic carbocycles. The lowest BCUT2D eigenvalue weighted by Crippen LogP contribution is -2.35. The topological polar surface area (TPSA) is 49.4 Å². The molecule has 0 atom stereocenters. The number of carbonyl (C=O) groups excluding carboxylic acids is 2. The van der Waals surface area contributed by atoms with Gasteiger partial charge < -0.3 is 10.2 Å². The van der Waals surface area contributed by atoms with Crippen molar-refractivity contribution >= 4 is 11.8 Å². The summed E-state index contributed by atoms with van der Waals surface area (Å²) in [5, 5.41) is 2.80. The molecule has 1 heterocycles. The SMILES string of the molecule is CCCC(=O)NCCN1CCCC1=O. The molecular weight excluding hydrogens is 180 g/mol. The maximum absolute atomic E-state index is 11.2. The number of rotatable bonds is 5. The monoisotopic (exact) mass is 198 g/mol. The van der Waals surface area contributed by atoms with Crippen molar-refractivity contribution < 1.29 is 9.59 Å². The summed E-state index contributed by atoms with van der Waals surface area (Å²) in [6, 6.07) is 0. The Morgan fingerprint density at radius 2 is 2.36 bits per heavy atom. The maximum Gasteiger partial charge on any atom is 0.222 e. The molecule has 4 heteroatoms. The van der Waals surface area contributed by atoms with Gasteiger partial charge in [-0.25, -0.2) is 0 Å². The van der Waals surface area contributed by atoms with Crippen LogP contribution in [0.3, 0.4) is 0 Å². The molecule has 0 spiro atoms. The van der Waals surface area contributed by atoms with Crippen molar-refractivity contribution in [2.75, 3.05) is 19.6 Å².